The molecule has 1 atom stereocenters. The van der Waals surface area contributed by atoms with E-state index in [1.807, 2.05) is 6.07 Å². The Kier molecular flexibility index (Phi) is 2.33. The Hall–Kier alpha value is -0.540. The number of nitrogens with zero attached hydrogens (tertiary/aromatic N) is 1. The Morgan fingerprint density at radius 3 is 3.17 bits per heavy atom. The number of nitrogens with one attached hydrogen (secondary N) is 2. The molecule has 1 saturated heterocycles. The van der Waals surface area contributed by atoms with Crippen LogP contribution in [-0.4, -0.2) is 22.8 Å². The molecule has 0 bridgehead atoms. The number of aromatic amines is 1. The van der Waals surface area contributed by atoms with Crippen molar-refractivity contribution in [2.45, 2.75) is 25.3 Å². The topological polar surface area (TPSA) is 40.7 Å². The highest BCUT2D eigenvalue weighted by molar-refractivity contribution is 6.29. The molecule has 0 aliphatic carbocycles. The summed E-state index contributed by atoms with van der Waals surface area (Å²) in [4.78, 5) is 0. The van der Waals surface area contributed by atoms with Crippen LogP contribution >= 0.6 is 11.6 Å². The molecule has 1 aromatic heterocycles. The van der Waals surface area contributed by atoms with Gasteiger partial charge in [-0.25, -0.2) is 0 Å². The first-order chi connectivity index (χ1) is 5.84. The molecule has 4 heteroatoms. The Morgan fingerprint density at radius 1 is 1.67 bits per heavy atom. The van der Waals surface area contributed by atoms with Crippen molar-refractivity contribution in [1.82, 2.24) is 15.5 Å². The normalized spacial score (nSPS) is 23.2. The van der Waals surface area contributed by atoms with Crippen molar-refractivity contribution in [3.63, 3.8) is 0 Å². The van der Waals surface area contributed by atoms with E-state index >= 15 is 0 Å². The van der Waals surface area contributed by atoms with Crippen molar-refractivity contribution in [3.8, 4) is 0 Å². The summed E-state index contributed by atoms with van der Waals surface area (Å²) in [5, 5.41) is 10.8. The van der Waals surface area contributed by atoms with Crippen molar-refractivity contribution in [3.05, 3.63) is 16.9 Å². The van der Waals surface area contributed by atoms with E-state index in [-0.39, 0.29) is 0 Å². The molecule has 0 spiro atoms. The lowest BCUT2D eigenvalue weighted by atomic mass is 10.1. The Bertz CT molecular complexity index is 253. The smallest absolute Gasteiger partial charge is 0.151 e. The van der Waals surface area contributed by atoms with Gasteiger partial charge >= 0.3 is 0 Å². The molecule has 0 radical (unpaired) electrons. The van der Waals surface area contributed by atoms with E-state index in [1.165, 1.54) is 12.8 Å². The van der Waals surface area contributed by atoms with Crippen LogP contribution in [0.1, 0.15) is 18.5 Å². The quantitative estimate of drug-likeness (QED) is 0.731. The van der Waals surface area contributed by atoms with E-state index in [4.69, 9.17) is 11.6 Å². The molecule has 66 valence electrons. The maximum atomic E-state index is 5.68. The van der Waals surface area contributed by atoms with E-state index in [1.54, 1.807) is 0 Å². The van der Waals surface area contributed by atoms with Gasteiger partial charge in [0.05, 0.1) is 0 Å². The number of halogens is 1. The minimum atomic E-state index is 0.558. The first kappa shape index (κ1) is 8.08. The van der Waals surface area contributed by atoms with Gasteiger partial charge in [0.25, 0.3) is 0 Å². The lowest BCUT2D eigenvalue weighted by molar-refractivity contribution is 0.594. The lowest BCUT2D eigenvalue weighted by Gasteiger charge is -2.06. The molecule has 1 unspecified atom stereocenters. The summed E-state index contributed by atoms with van der Waals surface area (Å²) in [5.74, 6) is 0. The third-order valence-corrected chi connectivity index (χ3v) is 2.42. The lowest BCUT2D eigenvalue weighted by Crippen LogP contribution is -2.23. The molecule has 0 aromatic carbocycles. The van der Waals surface area contributed by atoms with Crippen molar-refractivity contribution in [1.29, 1.82) is 0 Å². The molecular formula is C8H12ClN3. The minimum absolute atomic E-state index is 0.558. The number of hydrogen-bond acceptors (Lipinski definition) is 2. The Balaban J connectivity index is 1.94. The van der Waals surface area contributed by atoms with Crippen molar-refractivity contribution < 1.29 is 0 Å². The number of H-pyrrole nitrogens is 1. The van der Waals surface area contributed by atoms with Crippen LogP contribution < -0.4 is 5.32 Å². The van der Waals surface area contributed by atoms with E-state index < -0.39 is 0 Å². The van der Waals surface area contributed by atoms with Gasteiger partial charge in [0, 0.05) is 18.2 Å². The highest BCUT2D eigenvalue weighted by atomic mass is 35.5. The van der Waals surface area contributed by atoms with E-state index in [0.29, 0.717) is 11.2 Å². The minimum Gasteiger partial charge on any atom is -0.314 e. The second-order valence-corrected chi connectivity index (χ2v) is 3.60. The molecule has 0 amide bonds. The summed E-state index contributed by atoms with van der Waals surface area (Å²) < 4.78 is 0. The van der Waals surface area contributed by atoms with Crippen LogP contribution in [0, 0.1) is 0 Å². The maximum absolute atomic E-state index is 5.68. The summed E-state index contributed by atoms with van der Waals surface area (Å²) in [6.07, 6.45) is 3.56. The average molecular weight is 186 g/mol. The SMILES string of the molecule is Clc1cc(CC2CCCN2)[nH]n1. The monoisotopic (exact) mass is 185 g/mol. The number of hydrogen-bond donors (Lipinski definition) is 2. The van der Waals surface area contributed by atoms with Crippen LogP contribution in [0.4, 0.5) is 0 Å². The Morgan fingerprint density at radius 2 is 2.58 bits per heavy atom. The standard InChI is InChI=1S/C8H12ClN3/c9-8-5-7(11-12-8)4-6-2-1-3-10-6/h5-6,10H,1-4H2,(H,11,12). The molecule has 2 heterocycles. The van der Waals surface area contributed by atoms with Crippen molar-refractivity contribution in [2.75, 3.05) is 6.54 Å². The first-order valence-electron chi connectivity index (χ1n) is 4.28. The molecule has 3 nitrogen and oxygen atoms in total. The molecule has 1 aliphatic rings. The van der Waals surface area contributed by atoms with Gasteiger partial charge < -0.3 is 5.32 Å². The van der Waals surface area contributed by atoms with Gasteiger partial charge in [-0.1, -0.05) is 11.6 Å². The second kappa shape index (κ2) is 3.46. The zero-order chi connectivity index (χ0) is 8.39. The van der Waals surface area contributed by atoms with Crippen LogP contribution in [0.2, 0.25) is 5.15 Å². The predicted molar refractivity (Wildman–Crippen MR) is 48.3 cm³/mol. The van der Waals surface area contributed by atoms with Crippen LogP contribution in [-0.2, 0) is 6.42 Å². The van der Waals surface area contributed by atoms with Gasteiger partial charge in [-0.05, 0) is 25.5 Å². The molecule has 12 heavy (non-hydrogen) atoms. The first-order valence-corrected chi connectivity index (χ1v) is 4.65. The molecular weight excluding hydrogens is 174 g/mol. The summed E-state index contributed by atoms with van der Waals surface area (Å²) in [6.45, 7) is 1.15. The maximum Gasteiger partial charge on any atom is 0.151 e. The van der Waals surface area contributed by atoms with Crippen LogP contribution in [0.3, 0.4) is 0 Å². The van der Waals surface area contributed by atoms with Gasteiger partial charge in [0.2, 0.25) is 0 Å². The third kappa shape index (κ3) is 1.79. The fourth-order valence-electron chi connectivity index (χ4n) is 1.63. The van der Waals surface area contributed by atoms with Crippen molar-refractivity contribution >= 4 is 11.6 Å². The van der Waals surface area contributed by atoms with Gasteiger partial charge in [0.1, 0.15) is 0 Å². The third-order valence-electron chi connectivity index (χ3n) is 2.23. The van der Waals surface area contributed by atoms with Crippen LogP contribution in [0.25, 0.3) is 0 Å². The largest absolute Gasteiger partial charge is 0.314 e. The van der Waals surface area contributed by atoms with Gasteiger partial charge in [-0.2, -0.15) is 5.10 Å². The number of rotatable bonds is 2. The summed E-state index contributed by atoms with van der Waals surface area (Å²) in [6, 6.07) is 2.50. The highest BCUT2D eigenvalue weighted by Crippen LogP contribution is 2.12. The molecule has 2 rings (SSSR count). The van der Waals surface area contributed by atoms with E-state index in [9.17, 15) is 0 Å². The predicted octanol–water partition coefficient (Wildman–Crippen LogP) is 1.36. The zero-order valence-electron chi connectivity index (χ0n) is 6.81. The van der Waals surface area contributed by atoms with Gasteiger partial charge in [0.15, 0.2) is 5.15 Å². The number of aromatic nitrogens is 2. The molecule has 1 aliphatic heterocycles. The van der Waals surface area contributed by atoms with E-state index in [0.717, 1.165) is 18.7 Å². The summed E-state index contributed by atoms with van der Waals surface area (Å²) in [5.41, 5.74) is 1.12. The molecule has 1 fully saturated rings. The van der Waals surface area contributed by atoms with Crippen LogP contribution in [0.5, 0.6) is 0 Å². The van der Waals surface area contributed by atoms with Gasteiger partial charge in [-0.15, -0.1) is 0 Å². The summed E-state index contributed by atoms with van der Waals surface area (Å²) >= 11 is 5.68. The fourth-order valence-corrected chi connectivity index (χ4v) is 1.81. The summed E-state index contributed by atoms with van der Waals surface area (Å²) in [7, 11) is 0. The molecule has 1 aromatic rings. The highest BCUT2D eigenvalue weighted by Gasteiger charge is 2.15. The second-order valence-electron chi connectivity index (χ2n) is 3.21. The zero-order valence-corrected chi connectivity index (χ0v) is 7.56. The van der Waals surface area contributed by atoms with Gasteiger partial charge in [-0.3, -0.25) is 5.10 Å². The van der Waals surface area contributed by atoms with Crippen molar-refractivity contribution in [2.24, 2.45) is 0 Å². The van der Waals surface area contributed by atoms with E-state index in [2.05, 4.69) is 15.5 Å². The Labute approximate surface area is 76.5 Å². The average Bonchev–Trinajstić information content (AvgIpc) is 2.63. The van der Waals surface area contributed by atoms with Crippen LogP contribution in [0.15, 0.2) is 6.07 Å². The molecule has 0 saturated carbocycles. The fraction of sp³-hybridized carbons (Fsp3) is 0.625. The molecule has 2 N–H and O–H groups in total.